The van der Waals surface area contributed by atoms with Crippen molar-refractivity contribution in [2.24, 2.45) is 0 Å². The summed E-state index contributed by atoms with van der Waals surface area (Å²) in [7, 11) is 0. The normalized spacial score (nSPS) is 16.6. The minimum Gasteiger partial charge on any atom is -0.399 e. The lowest BCUT2D eigenvalue weighted by atomic mass is 10.1. The summed E-state index contributed by atoms with van der Waals surface area (Å²) in [6.07, 6.45) is 0. The van der Waals surface area contributed by atoms with Crippen molar-refractivity contribution in [2.45, 2.75) is 19.4 Å². The number of nitrogens with two attached hydrogens (primary N) is 1. The van der Waals surface area contributed by atoms with Crippen LogP contribution in [-0.2, 0) is 4.79 Å². The lowest BCUT2D eigenvalue weighted by molar-refractivity contribution is -0.148. The summed E-state index contributed by atoms with van der Waals surface area (Å²) < 4.78 is 0. The van der Waals surface area contributed by atoms with Gasteiger partial charge < -0.3 is 20.6 Å². The molecule has 1 heterocycles. The topological polar surface area (TPSA) is 69.8 Å². The molecule has 5 nitrogen and oxygen atoms in total. The van der Waals surface area contributed by atoms with E-state index in [1.807, 2.05) is 24.3 Å². The fraction of sp³-hybridized carbons (Fsp3) is 0.500. The molecule has 0 aromatic heterocycles. The second-order valence-electron chi connectivity index (χ2n) is 5.43. The molecule has 2 rings (SSSR count). The number of piperazine rings is 1. The number of nitrogens with zero attached hydrogens (tertiary/aromatic N) is 2. The Kier molecular flexibility index (Phi) is 3.66. The van der Waals surface area contributed by atoms with Crippen molar-refractivity contribution < 1.29 is 9.90 Å². The van der Waals surface area contributed by atoms with Crippen LogP contribution in [0.2, 0.25) is 0 Å². The van der Waals surface area contributed by atoms with Gasteiger partial charge >= 0.3 is 0 Å². The monoisotopic (exact) mass is 263 g/mol. The van der Waals surface area contributed by atoms with E-state index in [9.17, 15) is 9.90 Å². The number of aliphatic hydroxyl groups is 1. The lowest BCUT2D eigenvalue weighted by Crippen LogP contribution is -2.54. The zero-order valence-electron chi connectivity index (χ0n) is 11.5. The maximum absolute atomic E-state index is 11.9. The van der Waals surface area contributed by atoms with Crippen molar-refractivity contribution in [2.75, 3.05) is 36.8 Å². The molecule has 1 aliphatic rings. The van der Waals surface area contributed by atoms with Crippen LogP contribution >= 0.6 is 0 Å². The van der Waals surface area contributed by atoms with E-state index in [4.69, 9.17) is 5.73 Å². The number of hydrogen-bond donors (Lipinski definition) is 2. The van der Waals surface area contributed by atoms with Crippen LogP contribution < -0.4 is 10.6 Å². The van der Waals surface area contributed by atoms with Gasteiger partial charge in [0.05, 0.1) is 0 Å². The largest absolute Gasteiger partial charge is 0.399 e. The van der Waals surface area contributed by atoms with E-state index in [0.29, 0.717) is 13.1 Å². The SMILES string of the molecule is CC(C)(O)C(=O)N1CCN(c2ccc(N)cc2)CC1. The molecular weight excluding hydrogens is 242 g/mol. The minimum absolute atomic E-state index is 0.204. The molecule has 3 N–H and O–H groups in total. The van der Waals surface area contributed by atoms with Crippen molar-refractivity contribution in [1.82, 2.24) is 4.90 Å². The van der Waals surface area contributed by atoms with E-state index in [1.165, 1.54) is 13.8 Å². The highest BCUT2D eigenvalue weighted by Gasteiger charge is 2.31. The Morgan fingerprint density at radius 2 is 1.68 bits per heavy atom. The number of anilines is 2. The van der Waals surface area contributed by atoms with Crippen LogP contribution in [0.3, 0.4) is 0 Å². The van der Waals surface area contributed by atoms with Crippen molar-refractivity contribution in [3.8, 4) is 0 Å². The summed E-state index contributed by atoms with van der Waals surface area (Å²) in [4.78, 5) is 15.9. The summed E-state index contributed by atoms with van der Waals surface area (Å²) in [6, 6.07) is 7.74. The predicted octanol–water partition coefficient (Wildman–Crippen LogP) is 0.688. The molecule has 5 heteroatoms. The van der Waals surface area contributed by atoms with E-state index in [1.54, 1.807) is 4.90 Å². The Morgan fingerprint density at radius 1 is 1.16 bits per heavy atom. The highest BCUT2D eigenvalue weighted by Crippen LogP contribution is 2.19. The van der Waals surface area contributed by atoms with Gasteiger partial charge in [-0.3, -0.25) is 4.79 Å². The molecule has 1 fully saturated rings. The smallest absolute Gasteiger partial charge is 0.254 e. The standard InChI is InChI=1S/C14H21N3O2/c1-14(2,19)13(18)17-9-7-16(8-10-17)12-5-3-11(15)4-6-12/h3-6,19H,7-10,15H2,1-2H3. The maximum Gasteiger partial charge on any atom is 0.254 e. The molecule has 0 saturated carbocycles. The molecule has 0 aliphatic carbocycles. The third kappa shape index (κ3) is 3.17. The van der Waals surface area contributed by atoms with Crippen LogP contribution in [-0.4, -0.2) is 47.7 Å². The molecule has 0 bridgehead atoms. The third-order valence-corrected chi connectivity index (χ3v) is 3.35. The van der Waals surface area contributed by atoms with Crippen LogP contribution in [0.1, 0.15) is 13.8 Å². The first-order valence-electron chi connectivity index (χ1n) is 6.50. The Hall–Kier alpha value is -1.75. The highest BCUT2D eigenvalue weighted by molar-refractivity contribution is 5.84. The van der Waals surface area contributed by atoms with Gasteiger partial charge in [0.1, 0.15) is 5.60 Å². The Morgan fingerprint density at radius 3 is 2.16 bits per heavy atom. The predicted molar refractivity (Wildman–Crippen MR) is 75.9 cm³/mol. The average molecular weight is 263 g/mol. The summed E-state index contributed by atoms with van der Waals surface area (Å²) in [6.45, 7) is 5.86. The summed E-state index contributed by atoms with van der Waals surface area (Å²) in [5.74, 6) is -0.204. The van der Waals surface area contributed by atoms with Gasteiger partial charge in [-0.25, -0.2) is 0 Å². The van der Waals surface area contributed by atoms with Gasteiger partial charge in [0.15, 0.2) is 0 Å². The molecule has 1 aromatic carbocycles. The molecule has 19 heavy (non-hydrogen) atoms. The molecule has 104 valence electrons. The fourth-order valence-electron chi connectivity index (χ4n) is 2.24. The van der Waals surface area contributed by atoms with Gasteiger partial charge in [-0.05, 0) is 38.1 Å². The van der Waals surface area contributed by atoms with Gasteiger partial charge in [-0.15, -0.1) is 0 Å². The molecule has 1 saturated heterocycles. The van der Waals surface area contributed by atoms with E-state index < -0.39 is 5.60 Å². The van der Waals surface area contributed by atoms with Crippen LogP contribution in [0.5, 0.6) is 0 Å². The van der Waals surface area contributed by atoms with Crippen molar-refractivity contribution >= 4 is 17.3 Å². The second kappa shape index (κ2) is 5.09. The van der Waals surface area contributed by atoms with Crippen molar-refractivity contribution in [3.63, 3.8) is 0 Å². The Balaban J connectivity index is 1.96. The van der Waals surface area contributed by atoms with Gasteiger partial charge in [0, 0.05) is 37.6 Å². The van der Waals surface area contributed by atoms with E-state index in [2.05, 4.69) is 4.90 Å². The zero-order chi connectivity index (χ0) is 14.0. The van der Waals surface area contributed by atoms with E-state index in [0.717, 1.165) is 24.5 Å². The summed E-state index contributed by atoms with van der Waals surface area (Å²) in [5, 5.41) is 9.73. The first kappa shape index (κ1) is 13.7. The first-order valence-corrected chi connectivity index (χ1v) is 6.50. The third-order valence-electron chi connectivity index (χ3n) is 3.35. The van der Waals surface area contributed by atoms with Crippen molar-refractivity contribution in [1.29, 1.82) is 0 Å². The molecule has 0 spiro atoms. The molecular formula is C14H21N3O2. The van der Waals surface area contributed by atoms with Gasteiger partial charge in [-0.1, -0.05) is 0 Å². The zero-order valence-corrected chi connectivity index (χ0v) is 11.5. The molecule has 1 aliphatic heterocycles. The van der Waals surface area contributed by atoms with Crippen molar-refractivity contribution in [3.05, 3.63) is 24.3 Å². The Bertz CT molecular complexity index is 443. The maximum atomic E-state index is 11.9. The molecule has 1 aromatic rings. The molecule has 1 amide bonds. The summed E-state index contributed by atoms with van der Waals surface area (Å²) >= 11 is 0. The Labute approximate surface area is 113 Å². The number of rotatable bonds is 2. The quantitative estimate of drug-likeness (QED) is 0.770. The van der Waals surface area contributed by atoms with Crippen LogP contribution in [0.15, 0.2) is 24.3 Å². The number of amides is 1. The highest BCUT2D eigenvalue weighted by atomic mass is 16.3. The minimum atomic E-state index is -1.29. The number of carbonyl (C=O) groups excluding carboxylic acids is 1. The number of carbonyl (C=O) groups is 1. The van der Waals surface area contributed by atoms with Crippen LogP contribution in [0.25, 0.3) is 0 Å². The summed E-state index contributed by atoms with van der Waals surface area (Å²) in [5.41, 5.74) is 6.24. The van der Waals surface area contributed by atoms with E-state index >= 15 is 0 Å². The molecule has 0 radical (unpaired) electrons. The number of benzene rings is 1. The first-order chi connectivity index (χ1) is 8.88. The van der Waals surface area contributed by atoms with Gasteiger partial charge in [-0.2, -0.15) is 0 Å². The average Bonchev–Trinajstić information content (AvgIpc) is 2.38. The van der Waals surface area contributed by atoms with Crippen LogP contribution in [0.4, 0.5) is 11.4 Å². The number of hydrogen-bond acceptors (Lipinski definition) is 4. The number of nitrogen functional groups attached to an aromatic ring is 1. The van der Waals surface area contributed by atoms with Gasteiger partial charge in [0.25, 0.3) is 5.91 Å². The molecule has 0 unspecified atom stereocenters. The van der Waals surface area contributed by atoms with Crippen LogP contribution in [0, 0.1) is 0 Å². The fourth-order valence-corrected chi connectivity index (χ4v) is 2.24. The second-order valence-corrected chi connectivity index (χ2v) is 5.43. The van der Waals surface area contributed by atoms with E-state index in [-0.39, 0.29) is 5.91 Å². The lowest BCUT2D eigenvalue weighted by Gasteiger charge is -2.38. The molecule has 0 atom stereocenters. The van der Waals surface area contributed by atoms with Gasteiger partial charge in [0.2, 0.25) is 0 Å².